The van der Waals surface area contributed by atoms with Crippen LogP contribution in [0.1, 0.15) is 18.5 Å². The van der Waals surface area contributed by atoms with E-state index in [1.807, 2.05) is 18.2 Å². The van der Waals surface area contributed by atoms with Gasteiger partial charge in [0.05, 0.1) is 0 Å². The summed E-state index contributed by atoms with van der Waals surface area (Å²) < 4.78 is 24.4. The van der Waals surface area contributed by atoms with Crippen LogP contribution in [0, 0.1) is 0 Å². The van der Waals surface area contributed by atoms with E-state index in [1.165, 1.54) is 4.90 Å². The maximum absolute atomic E-state index is 12.6. The van der Waals surface area contributed by atoms with Crippen LogP contribution in [-0.4, -0.2) is 48.4 Å². The van der Waals surface area contributed by atoms with Gasteiger partial charge in [0.2, 0.25) is 5.91 Å². The number of amides is 1. The third kappa shape index (κ3) is 3.59. The molecule has 0 aromatic heterocycles. The van der Waals surface area contributed by atoms with E-state index in [2.05, 4.69) is 0 Å². The van der Waals surface area contributed by atoms with Crippen LogP contribution < -0.4 is 5.73 Å². The Kier molecular flexibility index (Phi) is 5.29. The van der Waals surface area contributed by atoms with Crippen molar-refractivity contribution in [3.8, 4) is 0 Å². The van der Waals surface area contributed by atoms with Crippen molar-refractivity contribution in [2.45, 2.75) is 18.3 Å². The largest absolute Gasteiger partial charge is 0.322 e. The van der Waals surface area contributed by atoms with E-state index in [4.69, 9.17) is 5.73 Å². The summed E-state index contributed by atoms with van der Waals surface area (Å²) in [7, 11) is -3.30. The number of thioether (sulfide) groups is 1. The van der Waals surface area contributed by atoms with Gasteiger partial charge in [-0.2, -0.15) is 11.8 Å². The minimum Gasteiger partial charge on any atom is -0.322 e. The second-order valence-corrected chi connectivity index (χ2v) is 8.50. The van der Waals surface area contributed by atoms with Gasteiger partial charge < -0.3 is 10.6 Å². The average molecular weight is 328 g/mol. The molecule has 1 heterocycles. The van der Waals surface area contributed by atoms with E-state index < -0.39 is 21.3 Å². The predicted molar refractivity (Wildman–Crippen MR) is 85.7 cm³/mol. The molecule has 1 aromatic carbocycles. The van der Waals surface area contributed by atoms with Crippen LogP contribution in [0.5, 0.6) is 0 Å². The van der Waals surface area contributed by atoms with Gasteiger partial charge in [0, 0.05) is 23.8 Å². The van der Waals surface area contributed by atoms with Crippen molar-refractivity contribution in [3.05, 3.63) is 35.9 Å². The van der Waals surface area contributed by atoms with Gasteiger partial charge in [0.15, 0.2) is 9.84 Å². The van der Waals surface area contributed by atoms with Crippen molar-refractivity contribution in [1.82, 2.24) is 4.90 Å². The summed E-state index contributed by atoms with van der Waals surface area (Å²) in [6.45, 7) is 2.03. The van der Waals surface area contributed by atoms with Crippen LogP contribution in [0.25, 0.3) is 0 Å². The molecule has 0 bridgehead atoms. The lowest BCUT2D eigenvalue weighted by molar-refractivity contribution is -0.133. The lowest BCUT2D eigenvalue weighted by Crippen LogP contribution is -2.53. The van der Waals surface area contributed by atoms with Crippen LogP contribution in [0.3, 0.4) is 0 Å². The molecular weight excluding hydrogens is 308 g/mol. The normalized spacial score (nSPS) is 21.0. The van der Waals surface area contributed by atoms with Gasteiger partial charge in [-0.05, 0) is 5.56 Å². The number of rotatable bonds is 4. The molecule has 1 aromatic rings. The highest BCUT2D eigenvalue weighted by molar-refractivity contribution is 8.01. The van der Waals surface area contributed by atoms with Crippen LogP contribution in [0.2, 0.25) is 0 Å². The van der Waals surface area contributed by atoms with Crippen LogP contribution in [-0.2, 0) is 14.6 Å². The highest BCUT2D eigenvalue weighted by atomic mass is 32.2. The summed E-state index contributed by atoms with van der Waals surface area (Å²) in [6, 6.07) is 8.23. The lowest BCUT2D eigenvalue weighted by Gasteiger charge is -2.36. The van der Waals surface area contributed by atoms with E-state index in [0.29, 0.717) is 17.9 Å². The molecule has 2 N–H and O–H groups in total. The first kappa shape index (κ1) is 16.3. The van der Waals surface area contributed by atoms with E-state index in [-0.39, 0.29) is 11.7 Å². The van der Waals surface area contributed by atoms with Gasteiger partial charge in [-0.25, -0.2) is 8.42 Å². The number of hydrogen-bond donors (Lipinski definition) is 1. The van der Waals surface area contributed by atoms with Crippen LogP contribution >= 0.6 is 11.8 Å². The molecule has 7 heteroatoms. The van der Waals surface area contributed by atoms with Crippen molar-refractivity contribution in [3.63, 3.8) is 0 Å². The molecule has 21 heavy (non-hydrogen) atoms. The minimum atomic E-state index is -3.30. The fraction of sp³-hybridized carbons (Fsp3) is 0.500. The van der Waals surface area contributed by atoms with Gasteiger partial charge in [-0.1, -0.05) is 37.3 Å². The minimum absolute atomic E-state index is 0.0303. The number of carbonyl (C=O) groups excluding carboxylic acids is 1. The quantitative estimate of drug-likeness (QED) is 0.892. The molecule has 2 rings (SSSR count). The smallest absolute Gasteiger partial charge is 0.245 e. The highest BCUT2D eigenvalue weighted by Crippen LogP contribution is 2.24. The summed E-state index contributed by atoms with van der Waals surface area (Å²) in [5.74, 6) is 0.873. The van der Waals surface area contributed by atoms with Crippen molar-refractivity contribution in [2.75, 3.05) is 23.8 Å². The van der Waals surface area contributed by atoms with Gasteiger partial charge in [0.25, 0.3) is 0 Å². The van der Waals surface area contributed by atoms with E-state index in [9.17, 15) is 13.2 Å². The Balaban J connectivity index is 2.23. The maximum Gasteiger partial charge on any atom is 0.245 e. The van der Waals surface area contributed by atoms with E-state index in [0.717, 1.165) is 5.75 Å². The van der Waals surface area contributed by atoms with Crippen molar-refractivity contribution in [2.24, 2.45) is 5.73 Å². The van der Waals surface area contributed by atoms with Crippen molar-refractivity contribution < 1.29 is 13.2 Å². The third-order valence-electron chi connectivity index (χ3n) is 3.61. The predicted octanol–water partition coefficient (Wildman–Crippen LogP) is 1.02. The molecule has 1 aliphatic rings. The number of nitrogens with two attached hydrogens (primary N) is 1. The van der Waals surface area contributed by atoms with Crippen LogP contribution in [0.4, 0.5) is 0 Å². The number of nitrogens with zero attached hydrogens (tertiary/aromatic N) is 1. The molecule has 1 saturated heterocycles. The van der Waals surface area contributed by atoms with Gasteiger partial charge in [-0.15, -0.1) is 0 Å². The molecule has 116 valence electrons. The first-order valence-corrected chi connectivity index (χ1v) is 9.74. The third-order valence-corrected chi connectivity index (χ3v) is 6.90. The molecule has 0 aliphatic carbocycles. The topological polar surface area (TPSA) is 80.5 Å². The van der Waals surface area contributed by atoms with Gasteiger partial charge in [-0.3, -0.25) is 4.79 Å². The zero-order valence-corrected chi connectivity index (χ0v) is 13.6. The molecule has 1 fully saturated rings. The Morgan fingerprint density at radius 3 is 2.71 bits per heavy atom. The zero-order valence-electron chi connectivity index (χ0n) is 11.9. The van der Waals surface area contributed by atoms with Crippen molar-refractivity contribution in [1.29, 1.82) is 0 Å². The molecule has 1 amide bonds. The second kappa shape index (κ2) is 6.81. The number of benzene rings is 1. The van der Waals surface area contributed by atoms with E-state index in [1.54, 1.807) is 30.8 Å². The summed E-state index contributed by atoms with van der Waals surface area (Å²) in [6.07, 6.45) is 0. The fourth-order valence-electron chi connectivity index (χ4n) is 2.30. The standard InChI is InChI=1S/C14H20N2O3S2/c1-2-21(18,19)12-10-20-9-8-16(12)14(17)13(15)11-6-4-3-5-7-11/h3-7,12-13H,2,8-10,15H2,1H3. The Labute approximate surface area is 129 Å². The number of carbonyl (C=O) groups is 1. The monoisotopic (exact) mass is 328 g/mol. The number of sulfone groups is 1. The average Bonchev–Trinajstić information content (AvgIpc) is 2.54. The molecule has 2 atom stereocenters. The summed E-state index contributed by atoms with van der Waals surface area (Å²) >= 11 is 1.56. The Morgan fingerprint density at radius 2 is 2.10 bits per heavy atom. The fourth-order valence-corrected chi connectivity index (χ4v) is 5.28. The second-order valence-electron chi connectivity index (χ2n) is 4.90. The molecule has 2 unspecified atom stereocenters. The Hall–Kier alpha value is -1.05. The van der Waals surface area contributed by atoms with Crippen molar-refractivity contribution >= 4 is 27.5 Å². The van der Waals surface area contributed by atoms with Crippen LogP contribution in [0.15, 0.2) is 30.3 Å². The van der Waals surface area contributed by atoms with E-state index >= 15 is 0 Å². The lowest BCUT2D eigenvalue weighted by atomic mass is 10.1. The molecule has 0 spiro atoms. The summed E-state index contributed by atoms with van der Waals surface area (Å²) in [5.41, 5.74) is 6.73. The molecule has 0 radical (unpaired) electrons. The Morgan fingerprint density at radius 1 is 1.43 bits per heavy atom. The molecular formula is C14H20N2O3S2. The molecule has 5 nitrogen and oxygen atoms in total. The van der Waals surface area contributed by atoms with Gasteiger partial charge >= 0.3 is 0 Å². The maximum atomic E-state index is 12.6. The SMILES string of the molecule is CCS(=O)(=O)C1CSCCN1C(=O)C(N)c1ccccc1. The highest BCUT2D eigenvalue weighted by Gasteiger charge is 2.37. The van der Waals surface area contributed by atoms with Gasteiger partial charge in [0.1, 0.15) is 11.4 Å². The molecule has 1 aliphatic heterocycles. The number of hydrogen-bond acceptors (Lipinski definition) is 5. The first-order chi connectivity index (χ1) is 9.97. The first-order valence-electron chi connectivity index (χ1n) is 6.87. The Bertz CT molecular complexity index is 589. The summed E-state index contributed by atoms with van der Waals surface area (Å²) in [4.78, 5) is 14.0. The zero-order chi connectivity index (χ0) is 15.5. The summed E-state index contributed by atoms with van der Waals surface area (Å²) in [5, 5.41) is -0.761. The molecule has 0 saturated carbocycles.